The number of nitrogens with two attached hydrogens (primary N) is 1. The Balaban J connectivity index is 1.58. The highest BCUT2D eigenvalue weighted by Gasteiger charge is 2.27. The van der Waals surface area contributed by atoms with Crippen molar-refractivity contribution in [3.05, 3.63) is 58.3 Å². The number of para-hydroxylation sites is 2. The lowest BCUT2D eigenvalue weighted by molar-refractivity contribution is -0.384. The monoisotopic (exact) mass is 428 g/mol. The molecule has 1 fully saturated rings. The van der Waals surface area contributed by atoms with Crippen molar-refractivity contribution >= 4 is 38.2 Å². The second-order valence-corrected chi connectivity index (χ2v) is 8.61. The first-order valence-corrected chi connectivity index (χ1v) is 10.8. The molecular formula is C19H20N6O4S. The van der Waals surface area contributed by atoms with Crippen LogP contribution in [0.25, 0.3) is 11.0 Å². The maximum Gasteiger partial charge on any atom is 0.293 e. The van der Waals surface area contributed by atoms with Gasteiger partial charge < -0.3 is 9.80 Å². The van der Waals surface area contributed by atoms with Crippen LogP contribution in [-0.2, 0) is 10.0 Å². The summed E-state index contributed by atoms with van der Waals surface area (Å²) in [6.45, 7) is 4.15. The topological polar surface area (TPSA) is 136 Å². The molecule has 0 unspecified atom stereocenters. The fraction of sp³-hybridized carbons (Fsp3) is 0.263. The number of fused-ring (bicyclic) bond motifs is 1. The van der Waals surface area contributed by atoms with Crippen LogP contribution in [0.1, 0.15) is 5.69 Å². The molecule has 0 atom stereocenters. The maximum absolute atomic E-state index is 11.5. The molecule has 2 N–H and O–H groups in total. The van der Waals surface area contributed by atoms with Gasteiger partial charge in [0.15, 0.2) is 5.82 Å². The van der Waals surface area contributed by atoms with Gasteiger partial charge in [-0.1, -0.05) is 12.1 Å². The van der Waals surface area contributed by atoms with E-state index in [1.54, 1.807) is 0 Å². The van der Waals surface area contributed by atoms with Crippen LogP contribution in [0, 0.1) is 17.0 Å². The standard InChI is InChI=1S/C19H20N6O4S/c1-13-19(22-16-5-3-2-4-15(16)21-13)24-10-8-23(9-11-24)17-7-6-14(30(20,28)29)12-18(17)25(26)27/h2-7,12H,8-11H2,1H3,(H2,20,28,29). The van der Waals surface area contributed by atoms with Gasteiger partial charge in [0, 0.05) is 32.2 Å². The van der Waals surface area contributed by atoms with Gasteiger partial charge in [0.05, 0.1) is 26.5 Å². The number of nitro benzene ring substituents is 1. The largest absolute Gasteiger partial charge is 0.362 e. The third-order valence-electron chi connectivity index (χ3n) is 5.11. The predicted octanol–water partition coefficient (Wildman–Crippen LogP) is 1.82. The first kappa shape index (κ1) is 20.0. The number of aryl methyl sites for hydroxylation is 1. The number of nitro groups is 1. The summed E-state index contributed by atoms with van der Waals surface area (Å²) in [4.78, 5) is 24.0. The summed E-state index contributed by atoms with van der Waals surface area (Å²) in [5, 5.41) is 16.6. The van der Waals surface area contributed by atoms with E-state index in [0.717, 1.165) is 28.6 Å². The zero-order valence-corrected chi connectivity index (χ0v) is 17.0. The fourth-order valence-corrected chi connectivity index (χ4v) is 4.17. The lowest BCUT2D eigenvalue weighted by atomic mass is 10.2. The van der Waals surface area contributed by atoms with Crippen LogP contribution in [0.5, 0.6) is 0 Å². The molecule has 2 aromatic carbocycles. The summed E-state index contributed by atoms with van der Waals surface area (Å²) in [6.07, 6.45) is 0. The van der Waals surface area contributed by atoms with Gasteiger partial charge in [-0.05, 0) is 31.2 Å². The molecule has 1 saturated heterocycles. The Kier molecular flexibility index (Phi) is 5.00. The Bertz CT molecular complexity index is 1240. The zero-order chi connectivity index (χ0) is 21.5. The number of hydrogen-bond acceptors (Lipinski definition) is 8. The molecule has 10 nitrogen and oxygen atoms in total. The minimum absolute atomic E-state index is 0.279. The Morgan fingerprint density at radius 1 is 1.00 bits per heavy atom. The van der Waals surface area contributed by atoms with Crippen LogP contribution in [0.15, 0.2) is 47.4 Å². The van der Waals surface area contributed by atoms with E-state index < -0.39 is 14.9 Å². The number of primary sulfonamides is 1. The van der Waals surface area contributed by atoms with E-state index in [4.69, 9.17) is 10.1 Å². The fourth-order valence-electron chi connectivity index (χ4n) is 3.63. The summed E-state index contributed by atoms with van der Waals surface area (Å²) in [5.74, 6) is 0.799. The average molecular weight is 428 g/mol. The van der Waals surface area contributed by atoms with E-state index in [1.165, 1.54) is 12.1 Å². The number of rotatable bonds is 4. The molecule has 0 spiro atoms. The molecule has 1 aromatic heterocycles. The van der Waals surface area contributed by atoms with Crippen molar-refractivity contribution in [3.63, 3.8) is 0 Å². The van der Waals surface area contributed by atoms with Crippen molar-refractivity contribution in [1.82, 2.24) is 9.97 Å². The quantitative estimate of drug-likeness (QED) is 0.491. The number of hydrogen-bond donors (Lipinski definition) is 1. The van der Waals surface area contributed by atoms with Gasteiger partial charge in [-0.15, -0.1) is 0 Å². The normalized spacial score (nSPS) is 14.9. The highest BCUT2D eigenvalue weighted by atomic mass is 32.2. The van der Waals surface area contributed by atoms with Gasteiger partial charge >= 0.3 is 0 Å². The molecule has 1 aliphatic rings. The van der Waals surface area contributed by atoms with Crippen molar-refractivity contribution in [2.24, 2.45) is 5.14 Å². The molecule has 1 aliphatic heterocycles. The maximum atomic E-state index is 11.5. The Labute approximate surface area is 173 Å². The average Bonchev–Trinajstić information content (AvgIpc) is 2.72. The molecule has 0 saturated carbocycles. The minimum atomic E-state index is -4.02. The summed E-state index contributed by atoms with van der Waals surface area (Å²) in [6, 6.07) is 11.4. The number of sulfonamides is 1. The van der Waals surface area contributed by atoms with Gasteiger partial charge in [0.2, 0.25) is 10.0 Å². The summed E-state index contributed by atoms with van der Waals surface area (Å²) >= 11 is 0. The van der Waals surface area contributed by atoms with Crippen molar-refractivity contribution < 1.29 is 13.3 Å². The van der Waals surface area contributed by atoms with Gasteiger partial charge in [0.1, 0.15) is 5.69 Å². The number of piperazine rings is 1. The molecule has 4 rings (SSSR count). The van der Waals surface area contributed by atoms with E-state index >= 15 is 0 Å². The van der Waals surface area contributed by atoms with Crippen LogP contribution in [0.3, 0.4) is 0 Å². The lowest BCUT2D eigenvalue weighted by Crippen LogP contribution is -2.47. The van der Waals surface area contributed by atoms with Crippen molar-refractivity contribution in [2.45, 2.75) is 11.8 Å². The summed E-state index contributed by atoms with van der Waals surface area (Å²) in [5.41, 5.74) is 2.56. The van der Waals surface area contributed by atoms with E-state index in [-0.39, 0.29) is 10.6 Å². The Hall–Kier alpha value is -3.31. The summed E-state index contributed by atoms with van der Waals surface area (Å²) < 4.78 is 23.1. The van der Waals surface area contributed by atoms with Gasteiger partial charge in [0.25, 0.3) is 5.69 Å². The number of aromatic nitrogens is 2. The molecule has 11 heteroatoms. The Morgan fingerprint density at radius 3 is 2.20 bits per heavy atom. The molecule has 2 heterocycles. The van der Waals surface area contributed by atoms with Crippen molar-refractivity contribution in [2.75, 3.05) is 36.0 Å². The zero-order valence-electron chi connectivity index (χ0n) is 16.2. The third-order valence-corrected chi connectivity index (χ3v) is 6.02. The van der Waals surface area contributed by atoms with Crippen LogP contribution in [0.2, 0.25) is 0 Å². The van der Waals surface area contributed by atoms with E-state index in [0.29, 0.717) is 31.9 Å². The molecular weight excluding hydrogens is 408 g/mol. The third kappa shape index (κ3) is 3.76. The van der Waals surface area contributed by atoms with E-state index in [2.05, 4.69) is 9.88 Å². The van der Waals surface area contributed by atoms with Crippen LogP contribution < -0.4 is 14.9 Å². The number of anilines is 2. The van der Waals surface area contributed by atoms with E-state index in [1.807, 2.05) is 36.1 Å². The molecule has 0 amide bonds. The van der Waals surface area contributed by atoms with Gasteiger partial charge in [-0.25, -0.2) is 23.5 Å². The Morgan fingerprint density at radius 2 is 1.60 bits per heavy atom. The lowest BCUT2D eigenvalue weighted by Gasteiger charge is -2.36. The SMILES string of the molecule is Cc1nc2ccccc2nc1N1CCN(c2ccc(S(N)(=O)=O)cc2[N+](=O)[O-])CC1. The predicted molar refractivity (Wildman–Crippen MR) is 113 cm³/mol. The van der Waals surface area contributed by atoms with Crippen molar-refractivity contribution in [3.8, 4) is 0 Å². The summed E-state index contributed by atoms with van der Waals surface area (Å²) in [7, 11) is -4.02. The molecule has 0 bridgehead atoms. The second-order valence-electron chi connectivity index (χ2n) is 7.05. The van der Waals surface area contributed by atoms with Gasteiger partial charge in [-0.3, -0.25) is 10.1 Å². The number of nitrogens with zero attached hydrogens (tertiary/aromatic N) is 5. The number of benzene rings is 2. The molecule has 30 heavy (non-hydrogen) atoms. The molecule has 3 aromatic rings. The molecule has 0 radical (unpaired) electrons. The van der Waals surface area contributed by atoms with Crippen LogP contribution >= 0.6 is 0 Å². The van der Waals surface area contributed by atoms with Crippen LogP contribution in [-0.4, -0.2) is 49.5 Å². The highest BCUT2D eigenvalue weighted by molar-refractivity contribution is 7.89. The first-order chi connectivity index (χ1) is 14.2. The molecule has 156 valence electrons. The second kappa shape index (κ2) is 7.50. The highest BCUT2D eigenvalue weighted by Crippen LogP contribution is 2.32. The van der Waals surface area contributed by atoms with Gasteiger partial charge in [-0.2, -0.15) is 0 Å². The molecule has 0 aliphatic carbocycles. The van der Waals surface area contributed by atoms with Crippen LogP contribution in [0.4, 0.5) is 17.2 Å². The van der Waals surface area contributed by atoms with E-state index in [9.17, 15) is 18.5 Å². The smallest absolute Gasteiger partial charge is 0.293 e. The first-order valence-electron chi connectivity index (χ1n) is 9.28. The van der Waals surface area contributed by atoms with Crippen molar-refractivity contribution in [1.29, 1.82) is 0 Å². The minimum Gasteiger partial charge on any atom is -0.362 e.